The molecule has 0 unspecified atom stereocenters. The van der Waals surface area contributed by atoms with Crippen molar-refractivity contribution in [1.29, 1.82) is 0 Å². The van der Waals surface area contributed by atoms with Crippen molar-refractivity contribution in [2.75, 3.05) is 0 Å². The predicted octanol–water partition coefficient (Wildman–Crippen LogP) is 3.61. The van der Waals surface area contributed by atoms with Crippen LogP contribution in [0.4, 0.5) is 0 Å². The summed E-state index contributed by atoms with van der Waals surface area (Å²) in [6, 6.07) is 9.96. The molecule has 1 N–H and O–H groups in total. The number of thiophene rings is 1. The van der Waals surface area contributed by atoms with Crippen LogP contribution in [-0.2, 0) is 6.54 Å². The lowest BCUT2D eigenvalue weighted by Gasteiger charge is -2.14. The zero-order chi connectivity index (χ0) is 14.8. The molecule has 0 bridgehead atoms. The van der Waals surface area contributed by atoms with Crippen LogP contribution < -0.4 is 5.32 Å². The van der Waals surface area contributed by atoms with E-state index >= 15 is 0 Å². The summed E-state index contributed by atoms with van der Waals surface area (Å²) in [5, 5.41) is 5.00. The second kappa shape index (κ2) is 5.69. The smallest absolute Gasteiger partial charge is 0.268 e. The predicted molar refractivity (Wildman–Crippen MR) is 85.6 cm³/mol. The maximum atomic E-state index is 12.5. The summed E-state index contributed by atoms with van der Waals surface area (Å²) in [7, 11) is 0. The van der Waals surface area contributed by atoms with Gasteiger partial charge >= 0.3 is 0 Å². The van der Waals surface area contributed by atoms with Gasteiger partial charge in [0, 0.05) is 12.2 Å². The van der Waals surface area contributed by atoms with Gasteiger partial charge in [0.25, 0.3) is 5.91 Å². The van der Waals surface area contributed by atoms with E-state index in [1.165, 1.54) is 0 Å². The zero-order valence-electron chi connectivity index (χ0n) is 12.0. The molecule has 4 nitrogen and oxygen atoms in total. The zero-order valence-corrected chi connectivity index (χ0v) is 12.9. The molecule has 3 aromatic heterocycles. The van der Waals surface area contributed by atoms with Crippen molar-refractivity contribution >= 4 is 27.5 Å². The van der Waals surface area contributed by atoms with Gasteiger partial charge in [-0.2, -0.15) is 0 Å². The molecule has 0 saturated carbocycles. The van der Waals surface area contributed by atoms with Crippen LogP contribution in [0.5, 0.6) is 0 Å². The molecule has 21 heavy (non-hydrogen) atoms. The van der Waals surface area contributed by atoms with Crippen molar-refractivity contribution in [2.24, 2.45) is 0 Å². The molecule has 3 rings (SSSR count). The summed E-state index contributed by atoms with van der Waals surface area (Å²) >= 11 is 1.66. The molecule has 1 amide bonds. The van der Waals surface area contributed by atoms with Gasteiger partial charge < -0.3 is 9.88 Å². The second-order valence-corrected chi connectivity index (χ2v) is 6.11. The SMILES string of the molecule is CC(C)n1c(C(=O)NCc2ccccn2)cc2sccc21. The molecular formula is C16H17N3OS. The Balaban J connectivity index is 1.84. The molecule has 0 aliphatic rings. The molecule has 5 heteroatoms. The molecule has 3 aromatic rings. The summed E-state index contributed by atoms with van der Waals surface area (Å²) < 4.78 is 3.23. The van der Waals surface area contributed by atoms with Crippen LogP contribution in [0.3, 0.4) is 0 Å². The van der Waals surface area contributed by atoms with Crippen LogP contribution in [0.2, 0.25) is 0 Å². The Morgan fingerprint density at radius 1 is 1.38 bits per heavy atom. The van der Waals surface area contributed by atoms with Gasteiger partial charge in [-0.25, -0.2) is 0 Å². The first-order chi connectivity index (χ1) is 10.2. The van der Waals surface area contributed by atoms with Gasteiger partial charge in [0.2, 0.25) is 0 Å². The Kier molecular flexibility index (Phi) is 3.75. The fourth-order valence-electron chi connectivity index (χ4n) is 2.44. The molecule has 0 aliphatic heterocycles. The Morgan fingerprint density at radius 3 is 2.95 bits per heavy atom. The van der Waals surface area contributed by atoms with E-state index < -0.39 is 0 Å². The van der Waals surface area contributed by atoms with E-state index in [1.807, 2.05) is 24.3 Å². The first kappa shape index (κ1) is 13.8. The highest BCUT2D eigenvalue weighted by molar-refractivity contribution is 7.17. The third-order valence-electron chi connectivity index (χ3n) is 3.37. The molecule has 3 heterocycles. The highest BCUT2D eigenvalue weighted by atomic mass is 32.1. The van der Waals surface area contributed by atoms with E-state index in [0.29, 0.717) is 12.2 Å². The summed E-state index contributed by atoms with van der Waals surface area (Å²) in [6.07, 6.45) is 1.73. The summed E-state index contributed by atoms with van der Waals surface area (Å²) in [5.41, 5.74) is 2.69. The first-order valence-corrected chi connectivity index (χ1v) is 7.81. The molecule has 0 fully saturated rings. The van der Waals surface area contributed by atoms with Crippen molar-refractivity contribution in [3.8, 4) is 0 Å². The number of rotatable bonds is 4. The monoisotopic (exact) mass is 299 g/mol. The Morgan fingerprint density at radius 2 is 2.24 bits per heavy atom. The van der Waals surface area contributed by atoms with Gasteiger partial charge in [-0.3, -0.25) is 9.78 Å². The van der Waals surface area contributed by atoms with Crippen LogP contribution in [-0.4, -0.2) is 15.5 Å². The largest absolute Gasteiger partial charge is 0.345 e. The van der Waals surface area contributed by atoms with Crippen molar-refractivity contribution < 1.29 is 4.79 Å². The van der Waals surface area contributed by atoms with Gasteiger partial charge in [0.15, 0.2) is 0 Å². The van der Waals surface area contributed by atoms with Crippen LogP contribution in [0.25, 0.3) is 10.2 Å². The van der Waals surface area contributed by atoms with Gasteiger partial charge in [-0.1, -0.05) is 6.07 Å². The fraction of sp³-hybridized carbons (Fsp3) is 0.250. The molecule has 0 aromatic carbocycles. The number of aromatic nitrogens is 2. The number of hydrogen-bond acceptors (Lipinski definition) is 3. The van der Waals surface area contributed by atoms with E-state index in [4.69, 9.17) is 0 Å². The number of carbonyl (C=O) groups is 1. The Labute approximate surface area is 127 Å². The number of nitrogens with one attached hydrogen (secondary N) is 1. The van der Waals surface area contributed by atoms with E-state index in [2.05, 4.69) is 40.2 Å². The van der Waals surface area contributed by atoms with Crippen LogP contribution in [0, 0.1) is 0 Å². The normalized spacial score (nSPS) is 11.2. The lowest BCUT2D eigenvalue weighted by Crippen LogP contribution is -2.26. The molecule has 0 saturated heterocycles. The third kappa shape index (κ3) is 2.69. The lowest BCUT2D eigenvalue weighted by atomic mass is 10.3. The maximum Gasteiger partial charge on any atom is 0.268 e. The minimum absolute atomic E-state index is 0.0576. The number of carbonyl (C=O) groups excluding carboxylic acids is 1. The molecule has 0 aliphatic carbocycles. The standard InChI is InChI=1S/C16H17N3OS/c1-11(2)19-13-6-8-21-15(13)9-14(19)16(20)18-10-12-5-3-4-7-17-12/h3-9,11H,10H2,1-2H3,(H,18,20). The summed E-state index contributed by atoms with van der Waals surface area (Å²) in [6.45, 7) is 4.62. The highest BCUT2D eigenvalue weighted by Crippen LogP contribution is 2.28. The first-order valence-electron chi connectivity index (χ1n) is 6.93. The van der Waals surface area contributed by atoms with Crippen molar-refractivity contribution in [2.45, 2.75) is 26.4 Å². The van der Waals surface area contributed by atoms with Gasteiger partial charge in [-0.15, -0.1) is 11.3 Å². The summed E-state index contributed by atoms with van der Waals surface area (Å²) in [5.74, 6) is -0.0576. The topological polar surface area (TPSA) is 46.9 Å². The van der Waals surface area contributed by atoms with Crippen LogP contribution in [0.1, 0.15) is 36.1 Å². The highest BCUT2D eigenvalue weighted by Gasteiger charge is 2.18. The maximum absolute atomic E-state index is 12.5. The molecular weight excluding hydrogens is 282 g/mol. The van der Waals surface area contributed by atoms with Crippen LogP contribution in [0.15, 0.2) is 41.9 Å². The molecule has 0 spiro atoms. The fourth-order valence-corrected chi connectivity index (χ4v) is 3.25. The van der Waals surface area contributed by atoms with E-state index in [1.54, 1.807) is 17.5 Å². The minimum atomic E-state index is -0.0576. The number of amides is 1. The van der Waals surface area contributed by atoms with Crippen LogP contribution >= 0.6 is 11.3 Å². The number of nitrogens with zero attached hydrogens (tertiary/aromatic N) is 2. The van der Waals surface area contributed by atoms with Gasteiger partial charge in [0.05, 0.1) is 22.5 Å². The van der Waals surface area contributed by atoms with E-state index in [0.717, 1.165) is 15.9 Å². The average Bonchev–Trinajstić information content (AvgIpc) is 3.05. The number of fused-ring (bicyclic) bond motifs is 1. The summed E-state index contributed by atoms with van der Waals surface area (Å²) in [4.78, 5) is 16.7. The minimum Gasteiger partial charge on any atom is -0.345 e. The quantitative estimate of drug-likeness (QED) is 0.800. The van der Waals surface area contributed by atoms with E-state index in [9.17, 15) is 4.79 Å². The number of hydrogen-bond donors (Lipinski definition) is 1. The third-order valence-corrected chi connectivity index (χ3v) is 4.22. The molecule has 0 atom stereocenters. The second-order valence-electron chi connectivity index (χ2n) is 5.17. The van der Waals surface area contributed by atoms with E-state index in [-0.39, 0.29) is 11.9 Å². The van der Waals surface area contributed by atoms with Gasteiger partial charge in [-0.05, 0) is 43.5 Å². The molecule has 108 valence electrons. The number of pyridine rings is 1. The Hall–Kier alpha value is -2.14. The molecule has 0 radical (unpaired) electrons. The van der Waals surface area contributed by atoms with Crippen molar-refractivity contribution in [3.05, 3.63) is 53.3 Å². The van der Waals surface area contributed by atoms with Gasteiger partial charge in [0.1, 0.15) is 5.69 Å². The van der Waals surface area contributed by atoms with Crippen molar-refractivity contribution in [3.63, 3.8) is 0 Å². The lowest BCUT2D eigenvalue weighted by molar-refractivity contribution is 0.0940. The van der Waals surface area contributed by atoms with Crippen molar-refractivity contribution in [1.82, 2.24) is 14.9 Å². The average molecular weight is 299 g/mol. The Bertz CT molecular complexity index is 758.